The number of aromatic nitrogens is 3. The second-order valence-corrected chi connectivity index (χ2v) is 6.30. The summed E-state index contributed by atoms with van der Waals surface area (Å²) >= 11 is 1.15. The van der Waals surface area contributed by atoms with Gasteiger partial charge in [0.2, 0.25) is 5.89 Å². The maximum Gasteiger partial charge on any atom is 0.277 e. The van der Waals surface area contributed by atoms with Crippen molar-refractivity contribution in [2.75, 3.05) is 17.7 Å². The molecule has 0 atom stereocenters. The number of ether oxygens (including phenoxy) is 1. The number of thioether (sulfide) groups is 1. The van der Waals surface area contributed by atoms with Gasteiger partial charge < -0.3 is 14.5 Å². The molecule has 130 valence electrons. The molecule has 0 saturated heterocycles. The monoisotopic (exact) mass is 368 g/mol. The Morgan fingerprint density at radius 2 is 2.04 bits per heavy atom. The van der Waals surface area contributed by atoms with Crippen LogP contribution in [-0.4, -0.2) is 39.2 Å². The van der Waals surface area contributed by atoms with Gasteiger partial charge >= 0.3 is 0 Å². The minimum absolute atomic E-state index is 0.0207. The highest BCUT2D eigenvalue weighted by atomic mass is 32.2. The molecule has 3 heterocycles. The molecule has 4 rings (SSSR count). The number of hydrogen-bond acceptors (Lipinski definition) is 8. The number of carbonyl (C=O) groups excluding carboxylic acids is 2. The molecule has 0 saturated carbocycles. The number of ketones is 1. The number of pyridine rings is 1. The van der Waals surface area contributed by atoms with Gasteiger partial charge in [0.1, 0.15) is 5.75 Å². The Morgan fingerprint density at radius 1 is 1.19 bits per heavy atom. The number of anilines is 1. The van der Waals surface area contributed by atoms with Gasteiger partial charge in [0.25, 0.3) is 11.1 Å². The van der Waals surface area contributed by atoms with Crippen LogP contribution in [0.25, 0.3) is 11.5 Å². The zero-order valence-electron chi connectivity index (χ0n) is 13.3. The second kappa shape index (κ2) is 6.96. The van der Waals surface area contributed by atoms with Gasteiger partial charge in [-0.1, -0.05) is 11.8 Å². The molecule has 0 spiro atoms. The molecule has 8 nitrogen and oxygen atoms in total. The van der Waals surface area contributed by atoms with Gasteiger partial charge in [0, 0.05) is 23.5 Å². The van der Waals surface area contributed by atoms with Gasteiger partial charge in [-0.15, -0.1) is 10.2 Å². The number of nitrogens with one attached hydrogen (secondary N) is 1. The van der Waals surface area contributed by atoms with Crippen molar-refractivity contribution >= 4 is 29.1 Å². The lowest BCUT2D eigenvalue weighted by Crippen LogP contribution is -2.25. The molecular weight excluding hydrogens is 356 g/mol. The molecular formula is C17H12N4O4S. The van der Waals surface area contributed by atoms with E-state index in [1.165, 1.54) is 0 Å². The molecule has 2 aromatic heterocycles. The maximum absolute atomic E-state index is 12.4. The average Bonchev–Trinajstić information content (AvgIpc) is 3.15. The van der Waals surface area contributed by atoms with Crippen molar-refractivity contribution in [2.45, 2.75) is 5.22 Å². The van der Waals surface area contributed by atoms with Gasteiger partial charge in [0.05, 0.1) is 11.4 Å². The first kappa shape index (κ1) is 16.3. The molecule has 1 aromatic carbocycles. The third-order valence-electron chi connectivity index (χ3n) is 3.59. The van der Waals surface area contributed by atoms with Crippen molar-refractivity contribution in [2.24, 2.45) is 0 Å². The molecule has 1 N–H and O–H groups in total. The number of Topliss-reactive ketones (excluding diaryl/α,β-unsaturated/α-hetero) is 1. The number of nitrogens with zero attached hydrogens (tertiary/aromatic N) is 3. The van der Waals surface area contributed by atoms with Gasteiger partial charge in [-0.3, -0.25) is 14.6 Å². The maximum atomic E-state index is 12.4. The van der Waals surface area contributed by atoms with Crippen LogP contribution in [-0.2, 0) is 4.79 Å². The third kappa shape index (κ3) is 3.42. The Hall–Kier alpha value is -3.20. The van der Waals surface area contributed by atoms with Crippen molar-refractivity contribution in [1.82, 2.24) is 15.2 Å². The molecule has 26 heavy (non-hydrogen) atoms. The quantitative estimate of drug-likeness (QED) is 0.540. The summed E-state index contributed by atoms with van der Waals surface area (Å²) in [7, 11) is 0. The summed E-state index contributed by atoms with van der Waals surface area (Å²) in [6.45, 7) is -0.0207. The number of amides is 1. The molecule has 9 heteroatoms. The van der Waals surface area contributed by atoms with Gasteiger partial charge in [-0.05, 0) is 30.3 Å². The summed E-state index contributed by atoms with van der Waals surface area (Å²) in [5.41, 5.74) is 1.72. The smallest absolute Gasteiger partial charge is 0.277 e. The van der Waals surface area contributed by atoms with Gasteiger partial charge in [-0.2, -0.15) is 0 Å². The summed E-state index contributed by atoms with van der Waals surface area (Å²) < 4.78 is 10.8. The van der Waals surface area contributed by atoms with Crippen LogP contribution in [0.5, 0.6) is 5.75 Å². The Labute approximate surface area is 152 Å². The van der Waals surface area contributed by atoms with Gasteiger partial charge in [0.15, 0.2) is 12.4 Å². The number of carbonyl (C=O) groups is 2. The highest BCUT2D eigenvalue weighted by Crippen LogP contribution is 2.29. The summed E-state index contributed by atoms with van der Waals surface area (Å²) in [5, 5.41) is 10.9. The fourth-order valence-electron chi connectivity index (χ4n) is 2.35. The van der Waals surface area contributed by atoms with Crippen molar-refractivity contribution in [3.05, 3.63) is 48.3 Å². The lowest BCUT2D eigenvalue weighted by molar-refractivity contribution is -0.118. The van der Waals surface area contributed by atoms with Crippen LogP contribution in [0.2, 0.25) is 0 Å². The predicted molar refractivity (Wildman–Crippen MR) is 93.2 cm³/mol. The van der Waals surface area contributed by atoms with Crippen LogP contribution in [0.1, 0.15) is 10.4 Å². The zero-order chi connectivity index (χ0) is 17.9. The number of rotatable bonds is 5. The van der Waals surface area contributed by atoms with Crippen LogP contribution in [0.4, 0.5) is 5.69 Å². The molecule has 3 aromatic rings. The normalized spacial score (nSPS) is 12.8. The van der Waals surface area contributed by atoms with E-state index in [9.17, 15) is 9.59 Å². The highest BCUT2D eigenvalue weighted by molar-refractivity contribution is 7.99. The summed E-state index contributed by atoms with van der Waals surface area (Å²) in [5.74, 6) is 0.682. The lowest BCUT2D eigenvalue weighted by Gasteiger charge is -2.18. The fraction of sp³-hybridized carbons (Fsp3) is 0.118. The van der Waals surface area contributed by atoms with Crippen LogP contribution >= 0.6 is 11.8 Å². The predicted octanol–water partition coefficient (Wildman–Crippen LogP) is 2.44. The summed E-state index contributed by atoms with van der Waals surface area (Å²) in [6.07, 6.45) is 3.27. The van der Waals surface area contributed by atoms with Crippen molar-refractivity contribution in [1.29, 1.82) is 0 Å². The molecule has 1 aliphatic heterocycles. The highest BCUT2D eigenvalue weighted by Gasteiger charge is 2.18. The van der Waals surface area contributed by atoms with E-state index in [0.29, 0.717) is 28.1 Å². The Balaban J connectivity index is 1.42. The van der Waals surface area contributed by atoms with Crippen LogP contribution in [0.3, 0.4) is 0 Å². The van der Waals surface area contributed by atoms with E-state index >= 15 is 0 Å². The lowest BCUT2D eigenvalue weighted by atomic mass is 10.1. The van der Waals surface area contributed by atoms with E-state index in [0.717, 1.165) is 17.3 Å². The van der Waals surface area contributed by atoms with E-state index in [2.05, 4.69) is 20.5 Å². The first-order valence-electron chi connectivity index (χ1n) is 7.65. The average molecular weight is 368 g/mol. The largest absolute Gasteiger partial charge is 0.482 e. The molecule has 0 bridgehead atoms. The molecule has 0 unspecified atom stereocenters. The van der Waals surface area contributed by atoms with Crippen molar-refractivity contribution in [3.63, 3.8) is 0 Å². The molecule has 1 aliphatic rings. The SMILES string of the molecule is O=C1COc2ccc(C(=O)CSc3nnc(-c4ccncc4)o3)cc2N1. The molecule has 0 fully saturated rings. The van der Waals surface area contributed by atoms with E-state index in [1.807, 2.05) is 0 Å². The number of hydrogen-bond donors (Lipinski definition) is 1. The van der Waals surface area contributed by atoms with Crippen molar-refractivity contribution in [3.8, 4) is 17.2 Å². The summed E-state index contributed by atoms with van der Waals surface area (Å²) in [4.78, 5) is 27.7. The summed E-state index contributed by atoms with van der Waals surface area (Å²) in [6, 6.07) is 8.45. The van der Waals surface area contributed by atoms with Crippen LogP contribution in [0.15, 0.2) is 52.4 Å². The second-order valence-electron chi connectivity index (χ2n) is 5.37. The molecule has 0 radical (unpaired) electrons. The Morgan fingerprint density at radius 3 is 2.88 bits per heavy atom. The fourth-order valence-corrected chi connectivity index (χ4v) is 3.00. The number of fused-ring (bicyclic) bond motifs is 1. The van der Waals surface area contributed by atoms with Crippen LogP contribution in [0, 0.1) is 0 Å². The van der Waals surface area contributed by atoms with E-state index in [4.69, 9.17) is 9.15 Å². The number of benzene rings is 1. The Kier molecular flexibility index (Phi) is 4.36. The minimum atomic E-state index is -0.244. The first-order valence-corrected chi connectivity index (χ1v) is 8.64. The molecule has 0 aliphatic carbocycles. The topological polar surface area (TPSA) is 107 Å². The van der Waals surface area contributed by atoms with E-state index < -0.39 is 0 Å². The first-order chi connectivity index (χ1) is 12.7. The van der Waals surface area contributed by atoms with E-state index in [1.54, 1.807) is 42.7 Å². The van der Waals surface area contributed by atoms with Crippen molar-refractivity contribution < 1.29 is 18.7 Å². The third-order valence-corrected chi connectivity index (χ3v) is 4.41. The molecule has 1 amide bonds. The van der Waals surface area contributed by atoms with Crippen LogP contribution < -0.4 is 10.1 Å². The Bertz CT molecular complexity index is 974. The standard InChI is InChI=1S/C17H12N4O4S/c22-13(11-1-2-14-12(7-11)19-15(23)8-24-14)9-26-17-21-20-16(25-17)10-3-5-18-6-4-10/h1-7H,8-9H2,(H,19,23). The minimum Gasteiger partial charge on any atom is -0.482 e. The van der Waals surface area contributed by atoms with E-state index in [-0.39, 0.29) is 24.1 Å². The van der Waals surface area contributed by atoms with Gasteiger partial charge in [-0.25, -0.2) is 0 Å². The zero-order valence-corrected chi connectivity index (χ0v) is 14.2.